The van der Waals surface area contributed by atoms with E-state index in [4.69, 9.17) is 9.47 Å². The highest BCUT2D eigenvalue weighted by Gasteiger charge is 2.35. The first-order valence-electron chi connectivity index (χ1n) is 9.22. The summed E-state index contributed by atoms with van der Waals surface area (Å²) in [6.45, 7) is 7.27. The van der Waals surface area contributed by atoms with Crippen LogP contribution in [0, 0.1) is 5.82 Å². The van der Waals surface area contributed by atoms with Crippen LogP contribution in [0.4, 0.5) is 14.9 Å². The van der Waals surface area contributed by atoms with Crippen molar-refractivity contribution in [2.24, 2.45) is 0 Å². The largest absolute Gasteiger partial charge is 0.476 e. The van der Waals surface area contributed by atoms with Gasteiger partial charge in [0.25, 0.3) is 0 Å². The number of carboxylic acids is 1. The average molecular weight is 402 g/mol. The predicted molar refractivity (Wildman–Crippen MR) is 104 cm³/mol. The number of hydrogen-bond donors (Lipinski definition) is 1. The van der Waals surface area contributed by atoms with Gasteiger partial charge in [-0.1, -0.05) is 12.1 Å². The van der Waals surface area contributed by atoms with Crippen LogP contribution in [0.15, 0.2) is 30.3 Å². The molecular formula is C21H23FN2O5. The molecule has 1 amide bonds. The van der Waals surface area contributed by atoms with E-state index >= 15 is 0 Å². The number of carbonyl (C=O) groups is 2. The monoisotopic (exact) mass is 402 g/mol. The van der Waals surface area contributed by atoms with Crippen LogP contribution in [0.3, 0.4) is 0 Å². The maximum Gasteiger partial charge on any atom is 0.415 e. The Morgan fingerprint density at radius 1 is 1.31 bits per heavy atom. The van der Waals surface area contributed by atoms with Crippen molar-refractivity contribution in [2.75, 3.05) is 11.5 Å². The second kappa shape index (κ2) is 7.69. The first kappa shape index (κ1) is 20.6. The lowest BCUT2D eigenvalue weighted by atomic mass is 10.0. The molecular weight excluding hydrogens is 379 g/mol. The number of carboxylic acid groups (broad SMARTS) is 1. The van der Waals surface area contributed by atoms with Gasteiger partial charge in [-0.25, -0.2) is 19.0 Å². The Hall–Kier alpha value is -3.16. The molecule has 29 heavy (non-hydrogen) atoms. The number of rotatable bonds is 3. The summed E-state index contributed by atoms with van der Waals surface area (Å²) in [6, 6.07) is 7.01. The number of halogens is 1. The number of pyridine rings is 1. The van der Waals surface area contributed by atoms with Crippen LogP contribution in [0.1, 0.15) is 49.3 Å². The average Bonchev–Trinajstić information content (AvgIpc) is 2.61. The number of aromatic carboxylic acids is 1. The Kier molecular flexibility index (Phi) is 5.46. The molecule has 0 radical (unpaired) electrons. The van der Waals surface area contributed by atoms with Gasteiger partial charge in [-0.2, -0.15) is 0 Å². The molecule has 0 aliphatic carbocycles. The number of nitrogens with zero attached hydrogens (tertiary/aromatic N) is 2. The molecule has 0 fully saturated rings. The van der Waals surface area contributed by atoms with Crippen molar-refractivity contribution in [1.82, 2.24) is 4.98 Å². The summed E-state index contributed by atoms with van der Waals surface area (Å²) in [5.41, 5.74) is 0.575. The summed E-state index contributed by atoms with van der Waals surface area (Å²) in [5.74, 6) is -1.53. The molecule has 3 rings (SSSR count). The summed E-state index contributed by atoms with van der Waals surface area (Å²) in [6.07, 6.45) is -0.356. The van der Waals surface area contributed by atoms with Crippen molar-refractivity contribution in [3.63, 3.8) is 0 Å². The Labute approximate surface area is 168 Å². The third-order valence-electron chi connectivity index (χ3n) is 4.31. The van der Waals surface area contributed by atoms with Crippen molar-refractivity contribution in [3.05, 3.63) is 53.0 Å². The molecule has 1 atom stereocenters. The molecule has 1 aliphatic heterocycles. The number of aromatic nitrogens is 1. The van der Waals surface area contributed by atoms with Gasteiger partial charge in [0.2, 0.25) is 5.88 Å². The minimum atomic E-state index is -1.21. The van der Waals surface area contributed by atoms with Crippen molar-refractivity contribution in [3.8, 4) is 5.88 Å². The first-order valence-corrected chi connectivity index (χ1v) is 9.22. The Morgan fingerprint density at radius 2 is 1.97 bits per heavy atom. The fourth-order valence-corrected chi connectivity index (χ4v) is 3.05. The number of ether oxygens (including phenoxy) is 2. The second-order valence-corrected chi connectivity index (χ2v) is 7.94. The molecule has 1 aliphatic rings. The van der Waals surface area contributed by atoms with Gasteiger partial charge in [-0.3, -0.25) is 4.90 Å². The van der Waals surface area contributed by atoms with E-state index in [1.54, 1.807) is 45.9 Å². The number of fused-ring (bicyclic) bond motifs is 1. The molecule has 0 bridgehead atoms. The number of benzene rings is 1. The van der Waals surface area contributed by atoms with Crippen molar-refractivity contribution in [1.29, 1.82) is 0 Å². The minimum Gasteiger partial charge on any atom is -0.476 e. The van der Waals surface area contributed by atoms with Crippen LogP contribution >= 0.6 is 0 Å². The molecule has 0 saturated carbocycles. The molecule has 2 aromatic rings. The third-order valence-corrected chi connectivity index (χ3v) is 4.31. The van der Waals surface area contributed by atoms with Crippen LogP contribution in [0.25, 0.3) is 0 Å². The molecule has 1 aromatic carbocycles. The minimum absolute atomic E-state index is 0.0641. The van der Waals surface area contributed by atoms with Gasteiger partial charge in [-0.15, -0.1) is 0 Å². The Balaban J connectivity index is 2.05. The quantitative estimate of drug-likeness (QED) is 0.834. The van der Waals surface area contributed by atoms with E-state index in [1.807, 2.05) is 0 Å². The topological polar surface area (TPSA) is 89.0 Å². The van der Waals surface area contributed by atoms with Crippen LogP contribution < -0.4 is 9.64 Å². The van der Waals surface area contributed by atoms with E-state index in [-0.39, 0.29) is 36.5 Å². The van der Waals surface area contributed by atoms with Gasteiger partial charge in [0.15, 0.2) is 5.69 Å². The molecule has 7 nitrogen and oxygen atoms in total. The first-order chi connectivity index (χ1) is 13.5. The van der Waals surface area contributed by atoms with E-state index in [0.29, 0.717) is 16.8 Å². The molecule has 1 aromatic heterocycles. The highest BCUT2D eigenvalue weighted by molar-refractivity contribution is 5.93. The highest BCUT2D eigenvalue weighted by atomic mass is 19.1. The zero-order valence-electron chi connectivity index (χ0n) is 16.7. The second-order valence-electron chi connectivity index (χ2n) is 7.94. The molecule has 8 heteroatoms. The van der Waals surface area contributed by atoms with Crippen molar-refractivity contribution < 1.29 is 28.6 Å². The summed E-state index contributed by atoms with van der Waals surface area (Å²) in [4.78, 5) is 30.1. The molecule has 1 N–H and O–H groups in total. The smallest absolute Gasteiger partial charge is 0.415 e. The molecule has 0 unspecified atom stereocenters. The van der Waals surface area contributed by atoms with Gasteiger partial charge in [0.1, 0.15) is 23.7 Å². The van der Waals surface area contributed by atoms with Gasteiger partial charge in [-0.05, 0) is 63.4 Å². The molecule has 2 heterocycles. The van der Waals surface area contributed by atoms with E-state index in [1.165, 1.54) is 17.0 Å². The number of amides is 1. The van der Waals surface area contributed by atoms with Crippen LogP contribution in [-0.4, -0.2) is 40.4 Å². The van der Waals surface area contributed by atoms with Crippen LogP contribution in [0.2, 0.25) is 0 Å². The Bertz CT molecular complexity index is 937. The fourth-order valence-electron chi connectivity index (χ4n) is 3.05. The zero-order chi connectivity index (χ0) is 21.3. The zero-order valence-corrected chi connectivity index (χ0v) is 16.7. The summed E-state index contributed by atoms with van der Waals surface area (Å²) < 4.78 is 24.3. The van der Waals surface area contributed by atoms with E-state index in [9.17, 15) is 19.1 Å². The normalized spacial score (nSPS) is 16.0. The summed E-state index contributed by atoms with van der Waals surface area (Å²) in [5, 5.41) is 9.59. The number of anilines is 1. The van der Waals surface area contributed by atoms with Crippen LogP contribution in [-0.2, 0) is 11.2 Å². The Morgan fingerprint density at radius 3 is 2.55 bits per heavy atom. The van der Waals surface area contributed by atoms with E-state index < -0.39 is 17.7 Å². The van der Waals surface area contributed by atoms with Crippen molar-refractivity contribution >= 4 is 17.7 Å². The number of hydrogen-bond acceptors (Lipinski definition) is 5. The summed E-state index contributed by atoms with van der Waals surface area (Å²) >= 11 is 0. The number of carbonyl (C=O) groups excluding carboxylic acids is 1. The maximum atomic E-state index is 13.2. The standard InChI is InChI=1S/C21H23FN2O5/c1-12-11-28-18-16(24(12)20(27)29-21(2,3)4)10-14(17(23-18)19(25)26)9-13-5-7-15(22)8-6-13/h5-8,10,12H,9,11H2,1-4H3,(H,25,26)/t12-/m0/s1. The summed E-state index contributed by atoms with van der Waals surface area (Å²) in [7, 11) is 0. The highest BCUT2D eigenvalue weighted by Crippen LogP contribution is 2.36. The fraction of sp³-hybridized carbons (Fsp3) is 0.381. The SMILES string of the molecule is C[C@H]1COc2nc(C(=O)O)c(Cc3ccc(F)cc3)cc2N1C(=O)OC(C)(C)C. The lowest BCUT2D eigenvalue weighted by molar-refractivity contribution is 0.0546. The van der Waals surface area contributed by atoms with Gasteiger partial charge < -0.3 is 14.6 Å². The van der Waals surface area contributed by atoms with E-state index in [0.717, 1.165) is 0 Å². The lowest BCUT2D eigenvalue weighted by Crippen LogP contribution is -2.47. The molecule has 154 valence electrons. The van der Waals surface area contributed by atoms with Gasteiger partial charge in [0.05, 0.1) is 6.04 Å². The molecule has 0 spiro atoms. The van der Waals surface area contributed by atoms with E-state index in [2.05, 4.69) is 4.98 Å². The van der Waals surface area contributed by atoms with Crippen molar-refractivity contribution in [2.45, 2.75) is 45.8 Å². The molecule has 0 saturated heterocycles. The lowest BCUT2D eigenvalue weighted by Gasteiger charge is -2.35. The van der Waals surface area contributed by atoms with Gasteiger partial charge >= 0.3 is 12.1 Å². The van der Waals surface area contributed by atoms with Crippen LogP contribution in [0.5, 0.6) is 5.88 Å². The van der Waals surface area contributed by atoms with Gasteiger partial charge in [0, 0.05) is 0 Å². The third kappa shape index (κ3) is 4.64. The predicted octanol–water partition coefficient (Wildman–Crippen LogP) is 4.03. The maximum absolute atomic E-state index is 13.2.